The van der Waals surface area contributed by atoms with Gasteiger partial charge in [-0.3, -0.25) is 14.5 Å². The van der Waals surface area contributed by atoms with Crippen molar-refractivity contribution >= 4 is 27.7 Å². The minimum absolute atomic E-state index is 0.0646. The molecule has 0 atom stereocenters. The van der Waals surface area contributed by atoms with Crippen LogP contribution in [-0.4, -0.2) is 58.0 Å². The van der Waals surface area contributed by atoms with Gasteiger partial charge in [-0.05, 0) is 17.7 Å². The summed E-state index contributed by atoms with van der Waals surface area (Å²) in [6.07, 6.45) is 4.71. The summed E-state index contributed by atoms with van der Waals surface area (Å²) in [5.74, 6) is 1.03. The summed E-state index contributed by atoms with van der Waals surface area (Å²) in [7, 11) is -2.18. The van der Waals surface area contributed by atoms with E-state index in [1.165, 1.54) is 15.2 Å². The molecule has 3 rings (SSSR count). The van der Waals surface area contributed by atoms with Crippen molar-refractivity contribution < 1.29 is 13.2 Å². The highest BCUT2D eigenvalue weighted by atomic mass is 32.2. The fourth-order valence-corrected chi connectivity index (χ4v) is 5.20. The molecule has 0 bridgehead atoms. The average molecular weight is 381 g/mol. The molecule has 1 aliphatic rings. The fraction of sp³-hybridized carbons (Fsp3) is 0.400. The maximum absolute atomic E-state index is 12.9. The standard InChI is InChI=1S/C15H19N5O3S2/c1-19-11-13(14(21)17-10-12-2-4-16-5-3-12)15(18-19)25(22,23)20-6-8-24-9-7-20/h2-5,11H,6-10H2,1H3,(H,17,21). The summed E-state index contributed by atoms with van der Waals surface area (Å²) < 4.78 is 28.5. The first kappa shape index (κ1) is 17.9. The molecule has 1 N–H and O–H groups in total. The van der Waals surface area contributed by atoms with Gasteiger partial charge in [-0.15, -0.1) is 0 Å². The van der Waals surface area contributed by atoms with Gasteiger partial charge in [0.1, 0.15) is 0 Å². The molecule has 2 aromatic heterocycles. The van der Waals surface area contributed by atoms with Gasteiger partial charge >= 0.3 is 0 Å². The smallest absolute Gasteiger partial charge is 0.263 e. The van der Waals surface area contributed by atoms with Crippen LogP contribution in [-0.2, 0) is 23.6 Å². The van der Waals surface area contributed by atoms with Crippen molar-refractivity contribution in [2.75, 3.05) is 24.6 Å². The molecule has 2 aromatic rings. The van der Waals surface area contributed by atoms with E-state index in [2.05, 4.69) is 15.4 Å². The lowest BCUT2D eigenvalue weighted by Gasteiger charge is -2.24. The molecule has 25 heavy (non-hydrogen) atoms. The van der Waals surface area contributed by atoms with Crippen LogP contribution in [0.4, 0.5) is 0 Å². The van der Waals surface area contributed by atoms with E-state index in [-0.39, 0.29) is 17.1 Å². The lowest BCUT2D eigenvalue weighted by molar-refractivity contribution is 0.0947. The number of rotatable bonds is 5. The predicted molar refractivity (Wildman–Crippen MR) is 94.7 cm³/mol. The number of aromatic nitrogens is 3. The second kappa shape index (κ2) is 7.54. The number of carbonyl (C=O) groups is 1. The number of carbonyl (C=O) groups excluding carboxylic acids is 1. The number of aryl methyl sites for hydroxylation is 1. The van der Waals surface area contributed by atoms with Gasteiger partial charge in [0.25, 0.3) is 15.9 Å². The Morgan fingerprint density at radius 1 is 1.28 bits per heavy atom. The number of hydrogen-bond acceptors (Lipinski definition) is 6. The van der Waals surface area contributed by atoms with Crippen molar-refractivity contribution in [2.24, 2.45) is 7.05 Å². The third kappa shape index (κ3) is 4.02. The average Bonchev–Trinajstić information content (AvgIpc) is 3.04. The van der Waals surface area contributed by atoms with Crippen molar-refractivity contribution in [1.82, 2.24) is 24.4 Å². The van der Waals surface area contributed by atoms with Gasteiger partial charge in [-0.1, -0.05) is 0 Å². The van der Waals surface area contributed by atoms with E-state index in [0.717, 1.165) is 17.1 Å². The van der Waals surface area contributed by atoms with E-state index in [9.17, 15) is 13.2 Å². The number of nitrogens with one attached hydrogen (secondary N) is 1. The molecule has 0 unspecified atom stereocenters. The Kier molecular flexibility index (Phi) is 5.40. The quantitative estimate of drug-likeness (QED) is 0.809. The van der Waals surface area contributed by atoms with Gasteiger partial charge in [0.15, 0.2) is 0 Å². The lowest BCUT2D eigenvalue weighted by atomic mass is 10.2. The van der Waals surface area contributed by atoms with Crippen molar-refractivity contribution in [3.63, 3.8) is 0 Å². The van der Waals surface area contributed by atoms with Crippen molar-refractivity contribution in [1.29, 1.82) is 0 Å². The molecule has 1 saturated heterocycles. The summed E-state index contributed by atoms with van der Waals surface area (Å²) in [6.45, 7) is 1.15. The van der Waals surface area contributed by atoms with E-state index in [1.54, 1.807) is 43.3 Å². The molecule has 1 aliphatic heterocycles. The van der Waals surface area contributed by atoms with Crippen molar-refractivity contribution in [3.05, 3.63) is 41.9 Å². The van der Waals surface area contributed by atoms with E-state index in [4.69, 9.17) is 0 Å². The van der Waals surface area contributed by atoms with E-state index < -0.39 is 15.9 Å². The summed E-state index contributed by atoms with van der Waals surface area (Å²) in [5.41, 5.74) is 0.944. The van der Waals surface area contributed by atoms with Crippen LogP contribution in [0.3, 0.4) is 0 Å². The highest BCUT2D eigenvalue weighted by Gasteiger charge is 2.33. The van der Waals surface area contributed by atoms with Crippen LogP contribution in [0.2, 0.25) is 0 Å². The maximum atomic E-state index is 12.9. The predicted octanol–water partition coefficient (Wildman–Crippen LogP) is 0.483. The van der Waals surface area contributed by atoms with Gasteiger partial charge in [0.2, 0.25) is 5.03 Å². The van der Waals surface area contributed by atoms with Crippen LogP contribution in [0.25, 0.3) is 0 Å². The van der Waals surface area contributed by atoms with E-state index >= 15 is 0 Å². The number of nitrogens with zero attached hydrogens (tertiary/aromatic N) is 4. The molecule has 134 valence electrons. The topological polar surface area (TPSA) is 97.2 Å². The first-order chi connectivity index (χ1) is 12.0. The van der Waals surface area contributed by atoms with Crippen LogP contribution in [0.15, 0.2) is 35.7 Å². The molecule has 0 radical (unpaired) electrons. The summed E-state index contributed by atoms with van der Waals surface area (Å²) in [6, 6.07) is 3.57. The summed E-state index contributed by atoms with van der Waals surface area (Å²) >= 11 is 1.72. The molecule has 1 amide bonds. The van der Waals surface area contributed by atoms with Crippen LogP contribution in [0.5, 0.6) is 0 Å². The number of hydrogen-bond donors (Lipinski definition) is 1. The Labute approximate surface area is 150 Å². The molecule has 1 fully saturated rings. The van der Waals surface area contributed by atoms with Crippen molar-refractivity contribution in [2.45, 2.75) is 11.6 Å². The van der Waals surface area contributed by atoms with Gasteiger partial charge < -0.3 is 5.32 Å². The molecular weight excluding hydrogens is 362 g/mol. The Bertz CT molecular complexity index is 845. The fourth-order valence-electron chi connectivity index (χ4n) is 2.50. The molecule has 0 aliphatic carbocycles. The van der Waals surface area contributed by atoms with Crippen LogP contribution < -0.4 is 5.32 Å². The number of sulfonamides is 1. The second-order valence-corrected chi connectivity index (χ2v) is 8.65. The first-order valence-electron chi connectivity index (χ1n) is 7.77. The van der Waals surface area contributed by atoms with Gasteiger partial charge in [-0.25, -0.2) is 8.42 Å². The molecule has 3 heterocycles. The minimum Gasteiger partial charge on any atom is -0.348 e. The lowest BCUT2D eigenvalue weighted by Crippen LogP contribution is -2.39. The largest absolute Gasteiger partial charge is 0.348 e. The van der Waals surface area contributed by atoms with Crippen LogP contribution in [0, 0.1) is 0 Å². The monoisotopic (exact) mass is 381 g/mol. The van der Waals surface area contributed by atoms with Crippen molar-refractivity contribution in [3.8, 4) is 0 Å². The van der Waals surface area contributed by atoms with Crippen LogP contribution in [0.1, 0.15) is 15.9 Å². The number of amides is 1. The zero-order valence-corrected chi connectivity index (χ0v) is 15.4. The Morgan fingerprint density at radius 2 is 1.96 bits per heavy atom. The SMILES string of the molecule is Cn1cc(C(=O)NCc2ccncc2)c(S(=O)(=O)N2CCSCC2)n1. The maximum Gasteiger partial charge on any atom is 0.263 e. The Balaban J connectivity index is 1.81. The highest BCUT2D eigenvalue weighted by Crippen LogP contribution is 2.22. The molecule has 8 nitrogen and oxygen atoms in total. The molecule has 10 heteroatoms. The zero-order chi connectivity index (χ0) is 17.9. The third-order valence-electron chi connectivity index (χ3n) is 3.80. The zero-order valence-electron chi connectivity index (χ0n) is 13.8. The van der Waals surface area contributed by atoms with E-state index in [0.29, 0.717) is 13.1 Å². The van der Waals surface area contributed by atoms with Crippen LogP contribution >= 0.6 is 11.8 Å². The molecule has 0 spiro atoms. The first-order valence-corrected chi connectivity index (χ1v) is 10.4. The normalized spacial score (nSPS) is 15.9. The summed E-state index contributed by atoms with van der Waals surface area (Å²) in [4.78, 5) is 16.4. The van der Waals surface area contributed by atoms with E-state index in [1.807, 2.05) is 0 Å². The van der Waals surface area contributed by atoms with Gasteiger partial charge in [-0.2, -0.15) is 21.2 Å². The second-order valence-electron chi connectivity index (χ2n) is 5.58. The minimum atomic E-state index is -3.78. The highest BCUT2D eigenvalue weighted by molar-refractivity contribution is 7.99. The number of pyridine rings is 1. The Hall–Kier alpha value is -1.91. The third-order valence-corrected chi connectivity index (χ3v) is 6.57. The molecule has 0 saturated carbocycles. The molecule has 0 aromatic carbocycles. The molecular formula is C15H19N5O3S2. The number of thioether (sulfide) groups is 1. The Morgan fingerprint density at radius 3 is 2.64 bits per heavy atom. The van der Waals surface area contributed by atoms with Gasteiger partial charge in [0, 0.05) is 56.8 Å². The summed E-state index contributed by atoms with van der Waals surface area (Å²) in [5, 5.41) is 6.59. The van der Waals surface area contributed by atoms with Gasteiger partial charge in [0.05, 0.1) is 5.56 Å².